The number of rotatable bonds is 5. The molecule has 0 bridgehead atoms. The molecule has 1 saturated heterocycles. The van der Waals surface area contributed by atoms with E-state index in [4.69, 9.17) is 27.9 Å². The van der Waals surface area contributed by atoms with Gasteiger partial charge in [0.25, 0.3) is 0 Å². The van der Waals surface area contributed by atoms with E-state index in [-0.39, 0.29) is 0 Å². The van der Waals surface area contributed by atoms with Crippen LogP contribution in [0.15, 0.2) is 35.5 Å². The van der Waals surface area contributed by atoms with Crippen molar-refractivity contribution in [2.75, 3.05) is 37.0 Å². The third kappa shape index (κ3) is 3.38. The second kappa shape index (κ2) is 6.75. The number of benzene rings is 1. The Bertz CT molecular complexity index is 703. The van der Waals surface area contributed by atoms with Gasteiger partial charge in [-0.25, -0.2) is 0 Å². The fourth-order valence-corrected chi connectivity index (χ4v) is 4.63. The molecule has 0 spiro atoms. The van der Waals surface area contributed by atoms with Gasteiger partial charge in [-0.3, -0.25) is 4.57 Å². The summed E-state index contributed by atoms with van der Waals surface area (Å²) >= 11 is 14.0. The number of aromatic nitrogens is 3. The van der Waals surface area contributed by atoms with Crippen LogP contribution in [0.25, 0.3) is 5.69 Å². The number of thioether (sulfide) groups is 1. The van der Waals surface area contributed by atoms with E-state index in [1.807, 2.05) is 18.2 Å². The molecule has 128 valence electrons. The number of anilines is 1. The number of hydrogen-bond donors (Lipinski definition) is 0. The summed E-state index contributed by atoms with van der Waals surface area (Å²) in [6.07, 6.45) is 0.846. The molecule has 1 aliphatic heterocycles. The molecule has 1 saturated carbocycles. The van der Waals surface area contributed by atoms with E-state index in [9.17, 15) is 0 Å². The second-order valence-corrected chi connectivity index (χ2v) is 8.56. The van der Waals surface area contributed by atoms with Crippen LogP contribution in [0.1, 0.15) is 6.42 Å². The fraction of sp³-hybridized carbons (Fsp3) is 0.500. The third-order valence-electron chi connectivity index (χ3n) is 4.29. The van der Waals surface area contributed by atoms with E-state index in [1.165, 1.54) is 0 Å². The number of nitrogens with zero attached hydrogens (tertiary/aromatic N) is 4. The molecule has 4 rings (SSSR count). The molecular formula is C16H18Cl2N4OS. The first-order valence-corrected chi connectivity index (χ1v) is 9.73. The predicted octanol–water partition coefficient (Wildman–Crippen LogP) is 3.39. The first-order chi connectivity index (χ1) is 11.6. The fourth-order valence-electron chi connectivity index (χ4n) is 2.75. The van der Waals surface area contributed by atoms with Gasteiger partial charge >= 0.3 is 0 Å². The number of hydrogen-bond acceptors (Lipinski definition) is 5. The van der Waals surface area contributed by atoms with Gasteiger partial charge in [0.1, 0.15) is 4.33 Å². The van der Waals surface area contributed by atoms with Gasteiger partial charge in [0.05, 0.1) is 18.9 Å². The van der Waals surface area contributed by atoms with Crippen molar-refractivity contribution < 1.29 is 4.74 Å². The Hall–Kier alpha value is -0.950. The Morgan fingerprint density at radius 2 is 1.88 bits per heavy atom. The predicted molar refractivity (Wildman–Crippen MR) is 97.7 cm³/mol. The second-order valence-electron chi connectivity index (χ2n) is 6.03. The van der Waals surface area contributed by atoms with Gasteiger partial charge in [0.15, 0.2) is 5.16 Å². The smallest absolute Gasteiger partial charge is 0.232 e. The minimum Gasteiger partial charge on any atom is -0.378 e. The van der Waals surface area contributed by atoms with Gasteiger partial charge in [-0.1, -0.05) is 30.0 Å². The minimum absolute atomic E-state index is 0.318. The van der Waals surface area contributed by atoms with Crippen LogP contribution in [0.4, 0.5) is 5.95 Å². The van der Waals surface area contributed by atoms with Crippen LogP contribution in [-0.4, -0.2) is 51.2 Å². The number of halogens is 2. The standard InChI is InChI=1S/C16H18Cl2N4OS/c17-16(18)10-12(16)11-24-15-20-19-14(21-6-8-23-9-7-21)22(15)13-4-2-1-3-5-13/h1-5,12H,6-11H2/t12-/m1/s1. The quantitative estimate of drug-likeness (QED) is 0.583. The zero-order valence-corrected chi connectivity index (χ0v) is 15.4. The highest BCUT2D eigenvalue weighted by Gasteiger charge is 2.51. The van der Waals surface area contributed by atoms with Gasteiger partial charge in [0, 0.05) is 24.8 Å². The largest absolute Gasteiger partial charge is 0.378 e. The molecule has 8 heteroatoms. The molecule has 1 aromatic carbocycles. The SMILES string of the molecule is ClC1(Cl)C[C@@H]1CSc1nnc(N2CCOCC2)n1-c1ccccc1. The molecule has 1 aromatic heterocycles. The summed E-state index contributed by atoms with van der Waals surface area (Å²) in [5, 5.41) is 9.74. The van der Waals surface area contributed by atoms with Crippen LogP contribution in [0.3, 0.4) is 0 Å². The number of morpholine rings is 1. The lowest BCUT2D eigenvalue weighted by molar-refractivity contribution is 0.122. The Balaban J connectivity index is 1.62. The van der Waals surface area contributed by atoms with Crippen molar-refractivity contribution in [3.63, 3.8) is 0 Å². The van der Waals surface area contributed by atoms with Gasteiger partial charge < -0.3 is 9.64 Å². The van der Waals surface area contributed by atoms with Crippen LogP contribution >= 0.6 is 35.0 Å². The molecule has 0 radical (unpaired) electrons. The molecule has 2 aromatic rings. The monoisotopic (exact) mass is 384 g/mol. The van der Waals surface area contributed by atoms with Crippen LogP contribution < -0.4 is 4.90 Å². The Kier molecular flexibility index (Phi) is 4.64. The minimum atomic E-state index is -0.558. The normalized spacial score (nSPS) is 22.6. The Morgan fingerprint density at radius 3 is 2.54 bits per heavy atom. The average molecular weight is 385 g/mol. The molecule has 2 heterocycles. The Morgan fingerprint density at radius 1 is 1.17 bits per heavy atom. The highest BCUT2D eigenvalue weighted by atomic mass is 35.5. The molecule has 0 amide bonds. The van der Waals surface area contributed by atoms with Crippen molar-refractivity contribution in [2.24, 2.45) is 5.92 Å². The lowest BCUT2D eigenvalue weighted by atomic mass is 10.3. The van der Waals surface area contributed by atoms with E-state index in [2.05, 4.69) is 31.8 Å². The summed E-state index contributed by atoms with van der Waals surface area (Å²) in [6.45, 7) is 3.08. The molecule has 1 atom stereocenters. The first kappa shape index (κ1) is 16.5. The molecule has 1 aliphatic carbocycles. The summed E-state index contributed by atoms with van der Waals surface area (Å²) in [4.78, 5) is 2.22. The zero-order chi connectivity index (χ0) is 16.6. The van der Waals surface area contributed by atoms with E-state index < -0.39 is 4.33 Å². The molecule has 0 unspecified atom stereocenters. The molecular weight excluding hydrogens is 367 g/mol. The van der Waals surface area contributed by atoms with E-state index >= 15 is 0 Å². The van der Waals surface area contributed by atoms with E-state index in [1.54, 1.807) is 11.8 Å². The molecule has 24 heavy (non-hydrogen) atoms. The zero-order valence-electron chi connectivity index (χ0n) is 13.1. The maximum Gasteiger partial charge on any atom is 0.232 e. The summed E-state index contributed by atoms with van der Waals surface area (Å²) in [5.74, 6) is 2.03. The lowest BCUT2D eigenvalue weighted by Crippen LogP contribution is -2.37. The van der Waals surface area contributed by atoms with Crippen molar-refractivity contribution in [3.05, 3.63) is 30.3 Å². The summed E-state index contributed by atoms with van der Waals surface area (Å²) in [7, 11) is 0. The highest BCUT2D eigenvalue weighted by molar-refractivity contribution is 7.99. The summed E-state index contributed by atoms with van der Waals surface area (Å²) in [5.41, 5.74) is 1.06. The van der Waals surface area contributed by atoms with Crippen LogP contribution in [0.2, 0.25) is 0 Å². The van der Waals surface area contributed by atoms with Crippen molar-refractivity contribution >= 4 is 40.9 Å². The van der Waals surface area contributed by atoms with E-state index in [0.717, 1.165) is 42.1 Å². The Labute approximate surface area is 155 Å². The highest BCUT2D eigenvalue weighted by Crippen LogP contribution is 2.54. The lowest BCUT2D eigenvalue weighted by Gasteiger charge is -2.27. The molecule has 0 N–H and O–H groups in total. The first-order valence-electron chi connectivity index (χ1n) is 7.99. The maximum absolute atomic E-state index is 6.14. The van der Waals surface area contributed by atoms with Crippen molar-refractivity contribution in [3.8, 4) is 5.69 Å². The van der Waals surface area contributed by atoms with Crippen LogP contribution in [0, 0.1) is 5.92 Å². The average Bonchev–Trinajstić information content (AvgIpc) is 3.04. The van der Waals surface area contributed by atoms with Gasteiger partial charge in [-0.15, -0.1) is 33.4 Å². The molecule has 2 aliphatic rings. The van der Waals surface area contributed by atoms with Crippen molar-refractivity contribution in [1.29, 1.82) is 0 Å². The summed E-state index contributed by atoms with van der Waals surface area (Å²) in [6, 6.07) is 10.2. The molecule has 2 fully saturated rings. The third-order valence-corrected chi connectivity index (χ3v) is 6.31. The number of ether oxygens (including phenoxy) is 1. The van der Waals surface area contributed by atoms with Gasteiger partial charge in [0.2, 0.25) is 5.95 Å². The van der Waals surface area contributed by atoms with Crippen molar-refractivity contribution in [2.45, 2.75) is 15.9 Å². The van der Waals surface area contributed by atoms with Crippen LogP contribution in [-0.2, 0) is 4.74 Å². The van der Waals surface area contributed by atoms with Gasteiger partial charge in [-0.2, -0.15) is 0 Å². The number of alkyl halides is 2. The molecule has 5 nitrogen and oxygen atoms in total. The van der Waals surface area contributed by atoms with E-state index in [0.29, 0.717) is 19.1 Å². The maximum atomic E-state index is 6.14. The topological polar surface area (TPSA) is 43.2 Å². The number of para-hydroxylation sites is 1. The van der Waals surface area contributed by atoms with Crippen LogP contribution in [0.5, 0.6) is 0 Å². The summed E-state index contributed by atoms with van der Waals surface area (Å²) < 4.78 is 7.01. The van der Waals surface area contributed by atoms with Gasteiger partial charge in [-0.05, 0) is 18.6 Å². The van der Waals surface area contributed by atoms with Crippen molar-refractivity contribution in [1.82, 2.24) is 14.8 Å².